The second kappa shape index (κ2) is 4.25. The standard InChI is InChI=1S/C15H17ClN2OS/c1-15-7-12(17-14(20)18(15)10-3-4-10)11-6-9(8-16)2-5-13(11)19-15/h2,5-6,10,12H,3-4,7-8H2,1H3,(H,17,20). The van der Waals surface area contributed by atoms with Crippen LogP contribution in [0.1, 0.15) is 43.4 Å². The third kappa shape index (κ3) is 1.81. The van der Waals surface area contributed by atoms with Crippen molar-refractivity contribution in [3.63, 3.8) is 0 Å². The fourth-order valence-corrected chi connectivity index (χ4v) is 4.06. The number of rotatable bonds is 2. The van der Waals surface area contributed by atoms with Gasteiger partial charge in [0.15, 0.2) is 10.8 Å². The molecule has 1 saturated heterocycles. The molecule has 106 valence electrons. The maximum atomic E-state index is 6.33. The first kappa shape index (κ1) is 12.7. The van der Waals surface area contributed by atoms with E-state index in [-0.39, 0.29) is 11.8 Å². The molecule has 5 heteroatoms. The van der Waals surface area contributed by atoms with E-state index in [1.54, 1.807) is 0 Å². The Kier molecular flexibility index (Phi) is 2.70. The Hall–Kier alpha value is -1.00. The number of halogens is 1. The summed E-state index contributed by atoms with van der Waals surface area (Å²) in [4.78, 5) is 2.26. The predicted molar refractivity (Wildman–Crippen MR) is 83.0 cm³/mol. The molecule has 2 fully saturated rings. The fraction of sp³-hybridized carbons (Fsp3) is 0.533. The molecule has 0 spiro atoms. The van der Waals surface area contributed by atoms with Gasteiger partial charge < -0.3 is 15.0 Å². The molecule has 3 aliphatic rings. The van der Waals surface area contributed by atoms with Gasteiger partial charge in [-0.05, 0) is 49.7 Å². The summed E-state index contributed by atoms with van der Waals surface area (Å²) in [6.07, 6.45) is 3.34. The first-order valence-electron chi connectivity index (χ1n) is 7.08. The number of nitrogens with one attached hydrogen (secondary N) is 1. The number of hydrogen-bond acceptors (Lipinski definition) is 2. The van der Waals surface area contributed by atoms with Gasteiger partial charge in [0.25, 0.3) is 0 Å². The number of nitrogens with zero attached hydrogens (tertiary/aromatic N) is 1. The zero-order chi connectivity index (χ0) is 13.9. The Morgan fingerprint density at radius 2 is 2.30 bits per heavy atom. The van der Waals surface area contributed by atoms with Crippen LogP contribution < -0.4 is 10.1 Å². The highest BCUT2D eigenvalue weighted by atomic mass is 35.5. The molecule has 4 rings (SSSR count). The number of benzene rings is 1. The van der Waals surface area contributed by atoms with Gasteiger partial charge in [0.2, 0.25) is 0 Å². The smallest absolute Gasteiger partial charge is 0.184 e. The lowest BCUT2D eigenvalue weighted by molar-refractivity contribution is -0.0721. The minimum Gasteiger partial charge on any atom is -0.468 e. The zero-order valence-electron chi connectivity index (χ0n) is 11.4. The van der Waals surface area contributed by atoms with Gasteiger partial charge in [0.1, 0.15) is 5.75 Å². The summed E-state index contributed by atoms with van der Waals surface area (Å²) in [5, 5.41) is 4.31. The highest BCUT2D eigenvalue weighted by Gasteiger charge is 2.52. The van der Waals surface area contributed by atoms with E-state index in [2.05, 4.69) is 23.2 Å². The third-order valence-electron chi connectivity index (χ3n) is 4.45. The molecule has 20 heavy (non-hydrogen) atoms. The number of alkyl halides is 1. The van der Waals surface area contributed by atoms with Crippen molar-refractivity contribution in [3.05, 3.63) is 29.3 Å². The largest absolute Gasteiger partial charge is 0.468 e. The summed E-state index contributed by atoms with van der Waals surface area (Å²) in [7, 11) is 0. The molecule has 3 nitrogen and oxygen atoms in total. The van der Waals surface area contributed by atoms with E-state index in [1.807, 2.05) is 12.1 Å². The zero-order valence-corrected chi connectivity index (χ0v) is 12.9. The van der Waals surface area contributed by atoms with Gasteiger partial charge in [-0.2, -0.15) is 0 Å². The summed E-state index contributed by atoms with van der Waals surface area (Å²) in [6, 6.07) is 6.99. The highest BCUT2D eigenvalue weighted by Crippen LogP contribution is 2.47. The molecule has 1 aromatic carbocycles. The first-order chi connectivity index (χ1) is 9.60. The molecular formula is C15H17ClN2OS. The normalized spacial score (nSPS) is 31.4. The van der Waals surface area contributed by atoms with Gasteiger partial charge in [-0.3, -0.25) is 0 Å². The predicted octanol–water partition coefficient (Wildman–Crippen LogP) is 3.32. The number of ether oxygens (including phenoxy) is 1. The van der Waals surface area contributed by atoms with Crippen LogP contribution in [-0.4, -0.2) is 21.8 Å². The number of hydrogen-bond donors (Lipinski definition) is 1. The molecule has 2 aliphatic heterocycles. The maximum absolute atomic E-state index is 6.33. The Morgan fingerprint density at radius 1 is 1.50 bits per heavy atom. The fourth-order valence-electron chi connectivity index (χ4n) is 3.41. The summed E-state index contributed by atoms with van der Waals surface area (Å²) < 4.78 is 6.33. The van der Waals surface area contributed by atoms with E-state index in [4.69, 9.17) is 28.6 Å². The van der Waals surface area contributed by atoms with Gasteiger partial charge in [-0.15, -0.1) is 11.6 Å². The van der Waals surface area contributed by atoms with Gasteiger partial charge in [0, 0.05) is 23.9 Å². The van der Waals surface area contributed by atoms with Crippen LogP contribution in [0.25, 0.3) is 0 Å². The molecule has 2 bridgehead atoms. The summed E-state index contributed by atoms with van der Waals surface area (Å²) >= 11 is 11.5. The molecular weight excluding hydrogens is 292 g/mol. The van der Waals surface area contributed by atoms with Crippen molar-refractivity contribution in [2.75, 3.05) is 0 Å². The average molecular weight is 309 g/mol. The quantitative estimate of drug-likeness (QED) is 0.669. The minimum atomic E-state index is -0.316. The van der Waals surface area contributed by atoms with E-state index in [0.29, 0.717) is 11.9 Å². The Bertz CT molecular complexity index is 589. The molecule has 1 aromatic rings. The number of fused-ring (bicyclic) bond motifs is 4. The highest BCUT2D eigenvalue weighted by molar-refractivity contribution is 7.80. The van der Waals surface area contributed by atoms with Crippen molar-refractivity contribution in [1.82, 2.24) is 10.2 Å². The van der Waals surface area contributed by atoms with E-state index in [0.717, 1.165) is 22.8 Å². The minimum absolute atomic E-state index is 0.231. The van der Waals surface area contributed by atoms with Gasteiger partial charge in [0.05, 0.1) is 6.04 Å². The van der Waals surface area contributed by atoms with Crippen LogP contribution in [-0.2, 0) is 5.88 Å². The lowest BCUT2D eigenvalue weighted by atomic mass is 9.89. The van der Waals surface area contributed by atoms with Gasteiger partial charge in [-0.25, -0.2) is 0 Å². The molecule has 1 N–H and O–H groups in total. The Balaban J connectivity index is 1.77. The van der Waals surface area contributed by atoms with E-state index >= 15 is 0 Å². The van der Waals surface area contributed by atoms with Crippen LogP contribution in [0.3, 0.4) is 0 Å². The summed E-state index contributed by atoms with van der Waals surface area (Å²) in [6.45, 7) is 2.16. The van der Waals surface area contributed by atoms with Crippen molar-refractivity contribution >= 4 is 28.9 Å². The summed E-state index contributed by atoms with van der Waals surface area (Å²) in [5.41, 5.74) is 1.98. The van der Waals surface area contributed by atoms with E-state index in [1.165, 1.54) is 18.4 Å². The maximum Gasteiger partial charge on any atom is 0.184 e. The molecule has 2 unspecified atom stereocenters. The van der Waals surface area contributed by atoms with Crippen molar-refractivity contribution in [2.24, 2.45) is 0 Å². The lowest BCUT2D eigenvalue weighted by Crippen LogP contribution is -2.65. The average Bonchev–Trinajstić information content (AvgIpc) is 3.22. The van der Waals surface area contributed by atoms with Gasteiger partial charge >= 0.3 is 0 Å². The Labute approximate surface area is 129 Å². The van der Waals surface area contributed by atoms with Crippen LogP contribution in [0, 0.1) is 0 Å². The second-order valence-corrected chi connectivity index (χ2v) is 6.74. The first-order valence-corrected chi connectivity index (χ1v) is 8.03. The monoisotopic (exact) mass is 308 g/mol. The van der Waals surface area contributed by atoms with Crippen molar-refractivity contribution in [2.45, 2.75) is 49.9 Å². The summed E-state index contributed by atoms with van der Waals surface area (Å²) in [5.74, 6) is 1.48. The van der Waals surface area contributed by atoms with Crippen molar-refractivity contribution < 1.29 is 4.74 Å². The Morgan fingerprint density at radius 3 is 3.00 bits per heavy atom. The second-order valence-electron chi connectivity index (χ2n) is 6.09. The molecule has 0 aromatic heterocycles. The van der Waals surface area contributed by atoms with Gasteiger partial charge in [-0.1, -0.05) is 6.07 Å². The molecule has 2 atom stereocenters. The molecule has 0 amide bonds. The molecule has 2 heterocycles. The molecule has 1 saturated carbocycles. The van der Waals surface area contributed by atoms with Crippen LogP contribution in [0.2, 0.25) is 0 Å². The van der Waals surface area contributed by atoms with E-state index in [9.17, 15) is 0 Å². The molecule has 1 aliphatic carbocycles. The number of thiocarbonyl (C=S) groups is 1. The van der Waals surface area contributed by atoms with Crippen LogP contribution in [0.15, 0.2) is 18.2 Å². The van der Waals surface area contributed by atoms with Crippen LogP contribution in [0.5, 0.6) is 5.75 Å². The lowest BCUT2D eigenvalue weighted by Gasteiger charge is -2.52. The van der Waals surface area contributed by atoms with Crippen molar-refractivity contribution in [1.29, 1.82) is 0 Å². The molecule has 0 radical (unpaired) electrons. The van der Waals surface area contributed by atoms with Crippen molar-refractivity contribution in [3.8, 4) is 5.75 Å². The third-order valence-corrected chi connectivity index (χ3v) is 5.08. The van der Waals surface area contributed by atoms with Crippen LogP contribution in [0.4, 0.5) is 0 Å². The SMILES string of the molecule is CC12CC(NC(=S)N1C1CC1)c1cc(CCl)ccc1O2. The topological polar surface area (TPSA) is 24.5 Å². The van der Waals surface area contributed by atoms with E-state index < -0.39 is 0 Å². The van der Waals surface area contributed by atoms with Crippen LogP contribution >= 0.6 is 23.8 Å².